The summed E-state index contributed by atoms with van der Waals surface area (Å²) in [7, 11) is -3.65. The van der Waals surface area contributed by atoms with Gasteiger partial charge in [0.25, 0.3) is 10.0 Å². The van der Waals surface area contributed by atoms with Crippen LogP contribution in [0.15, 0.2) is 52.1 Å². The van der Waals surface area contributed by atoms with Crippen LogP contribution in [0.4, 0.5) is 11.4 Å². The number of nitrogens with one attached hydrogen (secondary N) is 1. The van der Waals surface area contributed by atoms with Crippen molar-refractivity contribution in [2.45, 2.75) is 4.90 Å². The molecule has 0 aliphatic carbocycles. The normalized spacial score (nSPS) is 11.2. The summed E-state index contributed by atoms with van der Waals surface area (Å²) in [6.45, 7) is 0. The van der Waals surface area contributed by atoms with E-state index in [-0.39, 0.29) is 4.90 Å². The lowest BCUT2D eigenvalue weighted by atomic mass is 10.3. The van der Waals surface area contributed by atoms with E-state index in [1.165, 1.54) is 24.4 Å². The Labute approximate surface area is 113 Å². The Kier molecular flexibility index (Phi) is 3.53. The largest absolute Gasteiger partial charge is 0.399 e. The number of aromatic nitrogens is 1. The molecule has 0 saturated heterocycles. The zero-order chi connectivity index (χ0) is 13.2. The molecule has 2 rings (SSSR count). The summed E-state index contributed by atoms with van der Waals surface area (Å²) in [5.41, 5.74) is 6.46. The number of halogens is 1. The third-order valence-electron chi connectivity index (χ3n) is 2.16. The van der Waals surface area contributed by atoms with Gasteiger partial charge < -0.3 is 5.73 Å². The molecule has 0 radical (unpaired) electrons. The molecular weight excluding hydrogens is 318 g/mol. The second-order valence-corrected chi connectivity index (χ2v) is 6.04. The number of sulfonamides is 1. The molecule has 0 fully saturated rings. The number of hydrogen-bond acceptors (Lipinski definition) is 4. The maximum Gasteiger partial charge on any atom is 0.263 e. The maximum absolute atomic E-state index is 12.1. The summed E-state index contributed by atoms with van der Waals surface area (Å²) in [5.74, 6) is 0. The summed E-state index contributed by atoms with van der Waals surface area (Å²) < 4.78 is 27.1. The van der Waals surface area contributed by atoms with Gasteiger partial charge in [-0.1, -0.05) is 0 Å². The predicted octanol–water partition coefficient (Wildman–Crippen LogP) is 2.23. The van der Waals surface area contributed by atoms with Gasteiger partial charge in [-0.15, -0.1) is 0 Å². The molecule has 1 aromatic heterocycles. The Morgan fingerprint density at radius 1 is 1.28 bits per heavy atom. The summed E-state index contributed by atoms with van der Waals surface area (Å²) in [5, 5.41) is 0. The molecule has 0 bridgehead atoms. The standard InChI is InChI=1S/C11H10BrN3O2S/c12-10-6-8(13)3-4-11(10)18(16,17)15-9-2-1-5-14-7-9/h1-7,15H,13H2. The van der Waals surface area contributed by atoms with E-state index in [1.54, 1.807) is 18.3 Å². The minimum atomic E-state index is -3.65. The minimum Gasteiger partial charge on any atom is -0.399 e. The van der Waals surface area contributed by atoms with E-state index < -0.39 is 10.0 Å². The van der Waals surface area contributed by atoms with Gasteiger partial charge in [0.05, 0.1) is 11.9 Å². The van der Waals surface area contributed by atoms with E-state index in [2.05, 4.69) is 25.6 Å². The number of nitrogens with two attached hydrogens (primary N) is 1. The third-order valence-corrected chi connectivity index (χ3v) is 4.52. The molecular formula is C11H10BrN3O2S. The number of hydrogen-bond donors (Lipinski definition) is 2. The molecule has 0 spiro atoms. The van der Waals surface area contributed by atoms with Crippen LogP contribution in [0.1, 0.15) is 0 Å². The summed E-state index contributed by atoms with van der Waals surface area (Å²) in [6.07, 6.45) is 3.00. The zero-order valence-corrected chi connectivity index (χ0v) is 11.6. The van der Waals surface area contributed by atoms with Crippen molar-refractivity contribution < 1.29 is 8.42 Å². The van der Waals surface area contributed by atoms with E-state index in [1.807, 2.05) is 0 Å². The van der Waals surface area contributed by atoms with Gasteiger partial charge in [-0.05, 0) is 46.3 Å². The molecule has 0 aliphatic heterocycles. The first-order valence-corrected chi connectivity index (χ1v) is 7.24. The van der Waals surface area contributed by atoms with Gasteiger partial charge in [-0.2, -0.15) is 0 Å². The van der Waals surface area contributed by atoms with Gasteiger partial charge in [0.1, 0.15) is 4.90 Å². The van der Waals surface area contributed by atoms with Gasteiger partial charge in [0, 0.05) is 16.4 Å². The first-order chi connectivity index (χ1) is 8.49. The molecule has 5 nitrogen and oxygen atoms in total. The number of nitrogens with zero attached hydrogens (tertiary/aromatic N) is 1. The summed E-state index contributed by atoms with van der Waals surface area (Å²) in [4.78, 5) is 3.97. The van der Waals surface area contributed by atoms with Crippen LogP contribution in [0.3, 0.4) is 0 Å². The molecule has 0 saturated carbocycles. The summed E-state index contributed by atoms with van der Waals surface area (Å²) >= 11 is 3.18. The first kappa shape index (κ1) is 12.8. The number of anilines is 2. The van der Waals surface area contributed by atoms with Crippen LogP contribution in [0.5, 0.6) is 0 Å². The van der Waals surface area contributed by atoms with E-state index in [0.717, 1.165) is 0 Å². The van der Waals surface area contributed by atoms with Crippen LogP contribution in [-0.4, -0.2) is 13.4 Å². The molecule has 0 atom stereocenters. The van der Waals surface area contributed by atoms with Crippen molar-refractivity contribution in [2.24, 2.45) is 0 Å². The molecule has 1 heterocycles. The number of benzene rings is 1. The van der Waals surface area contributed by atoms with Gasteiger partial charge >= 0.3 is 0 Å². The van der Waals surface area contributed by atoms with Crippen molar-refractivity contribution in [3.8, 4) is 0 Å². The molecule has 94 valence electrons. The van der Waals surface area contributed by atoms with Crippen LogP contribution >= 0.6 is 15.9 Å². The van der Waals surface area contributed by atoms with Crippen LogP contribution in [0, 0.1) is 0 Å². The maximum atomic E-state index is 12.1. The summed E-state index contributed by atoms with van der Waals surface area (Å²) in [6, 6.07) is 7.78. The third kappa shape index (κ3) is 2.80. The van der Waals surface area contributed by atoms with Crippen molar-refractivity contribution in [3.63, 3.8) is 0 Å². The SMILES string of the molecule is Nc1ccc(S(=O)(=O)Nc2cccnc2)c(Br)c1. The van der Waals surface area contributed by atoms with Crippen molar-refractivity contribution in [1.29, 1.82) is 0 Å². The second-order valence-electron chi connectivity index (χ2n) is 3.54. The van der Waals surface area contributed by atoms with E-state index >= 15 is 0 Å². The molecule has 2 aromatic rings. The zero-order valence-electron chi connectivity index (χ0n) is 9.17. The fraction of sp³-hybridized carbons (Fsp3) is 0. The molecule has 7 heteroatoms. The highest BCUT2D eigenvalue weighted by molar-refractivity contribution is 9.10. The fourth-order valence-electron chi connectivity index (χ4n) is 1.37. The molecule has 0 aliphatic rings. The molecule has 0 unspecified atom stereocenters. The second kappa shape index (κ2) is 4.95. The number of pyridine rings is 1. The smallest absolute Gasteiger partial charge is 0.263 e. The molecule has 1 aromatic carbocycles. The molecule has 0 amide bonds. The Morgan fingerprint density at radius 3 is 2.67 bits per heavy atom. The van der Waals surface area contributed by atoms with Gasteiger partial charge in [0.2, 0.25) is 0 Å². The van der Waals surface area contributed by atoms with Crippen LogP contribution < -0.4 is 10.5 Å². The highest BCUT2D eigenvalue weighted by Gasteiger charge is 2.17. The lowest BCUT2D eigenvalue weighted by molar-refractivity contribution is 0.601. The fourth-order valence-corrected chi connectivity index (χ4v) is 3.51. The van der Waals surface area contributed by atoms with Crippen molar-refractivity contribution >= 4 is 37.3 Å². The predicted molar refractivity (Wildman–Crippen MR) is 73.6 cm³/mol. The highest BCUT2D eigenvalue weighted by atomic mass is 79.9. The van der Waals surface area contributed by atoms with Crippen LogP contribution in [-0.2, 0) is 10.0 Å². The highest BCUT2D eigenvalue weighted by Crippen LogP contribution is 2.25. The average Bonchev–Trinajstić information content (AvgIpc) is 2.29. The van der Waals surface area contributed by atoms with Gasteiger partial charge in [-0.25, -0.2) is 8.42 Å². The Balaban J connectivity index is 2.37. The van der Waals surface area contributed by atoms with Crippen molar-refractivity contribution in [2.75, 3.05) is 10.5 Å². The van der Waals surface area contributed by atoms with Crippen LogP contribution in [0.25, 0.3) is 0 Å². The molecule has 3 N–H and O–H groups in total. The van der Waals surface area contributed by atoms with Crippen molar-refractivity contribution in [1.82, 2.24) is 4.98 Å². The van der Waals surface area contributed by atoms with Gasteiger partial charge in [0.15, 0.2) is 0 Å². The number of rotatable bonds is 3. The Hall–Kier alpha value is -1.60. The van der Waals surface area contributed by atoms with E-state index in [0.29, 0.717) is 15.8 Å². The van der Waals surface area contributed by atoms with E-state index in [9.17, 15) is 8.42 Å². The van der Waals surface area contributed by atoms with Crippen LogP contribution in [0.2, 0.25) is 0 Å². The average molecular weight is 328 g/mol. The van der Waals surface area contributed by atoms with Gasteiger partial charge in [-0.3, -0.25) is 9.71 Å². The first-order valence-electron chi connectivity index (χ1n) is 4.97. The lowest BCUT2D eigenvalue weighted by Gasteiger charge is -2.09. The topological polar surface area (TPSA) is 85.1 Å². The quantitative estimate of drug-likeness (QED) is 0.846. The lowest BCUT2D eigenvalue weighted by Crippen LogP contribution is -2.13. The number of nitrogen functional groups attached to an aromatic ring is 1. The molecule has 18 heavy (non-hydrogen) atoms. The van der Waals surface area contributed by atoms with E-state index in [4.69, 9.17) is 5.73 Å². The van der Waals surface area contributed by atoms with Crippen molar-refractivity contribution in [3.05, 3.63) is 47.2 Å². The monoisotopic (exact) mass is 327 g/mol. The minimum absolute atomic E-state index is 0.126. The Bertz CT molecular complexity index is 659. The Morgan fingerprint density at radius 2 is 2.06 bits per heavy atom.